The van der Waals surface area contributed by atoms with Crippen molar-refractivity contribution in [3.8, 4) is 17.6 Å². The summed E-state index contributed by atoms with van der Waals surface area (Å²) in [6.45, 7) is 1.69. The molecule has 2 heterocycles. The van der Waals surface area contributed by atoms with Gasteiger partial charge in [-0.15, -0.1) is 0 Å². The summed E-state index contributed by atoms with van der Waals surface area (Å²) in [6.07, 6.45) is -4.54. The van der Waals surface area contributed by atoms with Crippen LogP contribution in [0.25, 0.3) is 0 Å². The Morgan fingerprint density at radius 2 is 1.95 bits per heavy atom. The van der Waals surface area contributed by atoms with Crippen LogP contribution in [-0.2, 0) is 13.2 Å². The third-order valence-electron chi connectivity index (χ3n) is 2.27. The van der Waals surface area contributed by atoms with Crippen LogP contribution in [0.1, 0.15) is 11.3 Å². The molecule has 0 unspecified atom stereocenters. The van der Waals surface area contributed by atoms with Gasteiger partial charge in [-0.25, -0.2) is 4.68 Å². The van der Waals surface area contributed by atoms with Crippen LogP contribution in [0.15, 0.2) is 18.2 Å². The van der Waals surface area contributed by atoms with Crippen LogP contribution in [0, 0.1) is 6.92 Å². The van der Waals surface area contributed by atoms with Gasteiger partial charge in [0.05, 0.1) is 0 Å². The number of aromatic hydroxyl groups is 1. The molecule has 1 N–H and O–H groups in total. The van der Waals surface area contributed by atoms with Crippen molar-refractivity contribution in [2.45, 2.75) is 13.1 Å². The average Bonchev–Trinajstić information content (AvgIpc) is 2.58. The van der Waals surface area contributed by atoms with E-state index in [0.29, 0.717) is 5.56 Å². The smallest absolute Gasteiger partial charge is 0.435 e. The average molecular weight is 273 g/mol. The zero-order valence-electron chi connectivity index (χ0n) is 10.1. The Morgan fingerprint density at radius 1 is 1.26 bits per heavy atom. The first kappa shape index (κ1) is 13.2. The molecule has 0 aliphatic heterocycles. The lowest BCUT2D eigenvalue weighted by Crippen LogP contribution is -2.06. The molecule has 0 fully saturated rings. The van der Waals surface area contributed by atoms with Crippen molar-refractivity contribution in [1.82, 2.24) is 14.8 Å². The van der Waals surface area contributed by atoms with Crippen LogP contribution < -0.4 is 4.74 Å². The number of hydrogen-bond acceptors (Lipinski definition) is 4. The zero-order chi connectivity index (χ0) is 14.2. The minimum atomic E-state index is -4.54. The highest BCUT2D eigenvalue weighted by molar-refractivity contribution is 5.30. The van der Waals surface area contributed by atoms with Gasteiger partial charge in [0.15, 0.2) is 5.69 Å². The van der Waals surface area contributed by atoms with E-state index in [1.807, 2.05) is 0 Å². The normalized spacial score (nSPS) is 11.6. The quantitative estimate of drug-likeness (QED) is 0.913. The lowest BCUT2D eigenvalue weighted by molar-refractivity contribution is -0.141. The molecule has 0 aliphatic carbocycles. The summed E-state index contributed by atoms with van der Waals surface area (Å²) in [6, 6.07) is 3.65. The van der Waals surface area contributed by atoms with Crippen LogP contribution in [-0.4, -0.2) is 19.9 Å². The Balaban J connectivity index is 2.31. The van der Waals surface area contributed by atoms with Crippen LogP contribution in [0.2, 0.25) is 0 Å². The van der Waals surface area contributed by atoms with Crippen LogP contribution in [0.4, 0.5) is 13.2 Å². The van der Waals surface area contributed by atoms with Crippen molar-refractivity contribution in [3.63, 3.8) is 0 Å². The van der Waals surface area contributed by atoms with Crippen molar-refractivity contribution < 1.29 is 23.0 Å². The standard InChI is InChI=1S/C11H10F3N3O2/c1-6-3-8(18)15-9(4-6)19-10-5-7(11(12,13)14)16-17(10)2/h3-5H,1-2H3,(H,15,18). The summed E-state index contributed by atoms with van der Waals surface area (Å²) in [5, 5.41) is 12.6. The molecule has 0 saturated heterocycles. The fourth-order valence-electron chi connectivity index (χ4n) is 1.46. The largest absolute Gasteiger partial charge is 0.493 e. The third-order valence-corrected chi connectivity index (χ3v) is 2.27. The highest BCUT2D eigenvalue weighted by Gasteiger charge is 2.35. The zero-order valence-corrected chi connectivity index (χ0v) is 10.1. The van der Waals surface area contributed by atoms with E-state index in [4.69, 9.17) is 4.74 Å². The first-order chi connectivity index (χ1) is 8.75. The van der Waals surface area contributed by atoms with E-state index >= 15 is 0 Å². The Hall–Kier alpha value is -2.25. The molecule has 0 amide bonds. The molecule has 2 aromatic heterocycles. The van der Waals surface area contributed by atoms with Crippen molar-refractivity contribution in [1.29, 1.82) is 0 Å². The number of hydrogen-bond donors (Lipinski definition) is 1. The monoisotopic (exact) mass is 273 g/mol. The van der Waals surface area contributed by atoms with Gasteiger partial charge in [0, 0.05) is 25.2 Å². The van der Waals surface area contributed by atoms with Crippen LogP contribution in [0.5, 0.6) is 17.6 Å². The summed E-state index contributed by atoms with van der Waals surface area (Å²) in [5.41, 5.74) is -0.386. The topological polar surface area (TPSA) is 60.2 Å². The number of pyridine rings is 1. The second-order valence-electron chi connectivity index (χ2n) is 3.93. The molecule has 5 nitrogen and oxygen atoms in total. The second-order valence-corrected chi connectivity index (χ2v) is 3.93. The van der Waals surface area contributed by atoms with E-state index in [2.05, 4.69) is 10.1 Å². The van der Waals surface area contributed by atoms with Crippen molar-refractivity contribution in [3.05, 3.63) is 29.5 Å². The lowest BCUT2D eigenvalue weighted by Gasteiger charge is -2.05. The molecule has 2 aromatic rings. The predicted octanol–water partition coefficient (Wildman–Crippen LogP) is 2.64. The number of nitrogens with zero attached hydrogens (tertiary/aromatic N) is 3. The SMILES string of the molecule is Cc1cc(O)nc(Oc2cc(C(F)(F)F)nn2C)c1. The highest BCUT2D eigenvalue weighted by Crippen LogP contribution is 2.32. The molecule has 0 bridgehead atoms. The van der Waals surface area contributed by atoms with Gasteiger partial charge in [-0.1, -0.05) is 0 Å². The maximum atomic E-state index is 12.5. The fraction of sp³-hybridized carbons (Fsp3) is 0.273. The maximum absolute atomic E-state index is 12.5. The summed E-state index contributed by atoms with van der Waals surface area (Å²) in [5.74, 6) is -0.396. The van der Waals surface area contributed by atoms with Gasteiger partial charge in [-0.3, -0.25) is 0 Å². The molecule has 2 rings (SSSR count). The van der Waals surface area contributed by atoms with Crippen LogP contribution in [0.3, 0.4) is 0 Å². The first-order valence-electron chi connectivity index (χ1n) is 5.22. The second kappa shape index (κ2) is 4.45. The lowest BCUT2D eigenvalue weighted by atomic mass is 10.3. The maximum Gasteiger partial charge on any atom is 0.435 e. The Bertz CT molecular complexity index is 587. The van der Waals surface area contributed by atoms with E-state index in [1.165, 1.54) is 19.2 Å². The Kier molecular flexibility index (Phi) is 3.09. The molecule has 8 heteroatoms. The summed E-state index contributed by atoms with van der Waals surface area (Å²) < 4.78 is 43.5. The number of aryl methyl sites for hydroxylation is 2. The molecular formula is C11H10F3N3O2. The molecule has 0 aliphatic rings. The van der Waals surface area contributed by atoms with E-state index in [0.717, 1.165) is 10.7 Å². The van der Waals surface area contributed by atoms with E-state index in [1.54, 1.807) is 6.92 Å². The molecule has 0 aromatic carbocycles. The van der Waals surface area contributed by atoms with Crippen molar-refractivity contribution in [2.75, 3.05) is 0 Å². The van der Waals surface area contributed by atoms with Gasteiger partial charge < -0.3 is 9.84 Å². The Labute approximate surface area is 106 Å². The minimum absolute atomic E-state index is 0.00535. The van der Waals surface area contributed by atoms with Gasteiger partial charge >= 0.3 is 6.18 Å². The Morgan fingerprint density at radius 3 is 2.47 bits per heavy atom. The molecule has 102 valence electrons. The van der Waals surface area contributed by atoms with Crippen molar-refractivity contribution in [2.24, 2.45) is 7.05 Å². The molecule has 0 saturated carbocycles. The van der Waals surface area contributed by atoms with Gasteiger partial charge in [-0.05, 0) is 12.5 Å². The van der Waals surface area contributed by atoms with Gasteiger partial charge in [0.2, 0.25) is 17.6 Å². The molecule has 0 spiro atoms. The fourth-order valence-corrected chi connectivity index (χ4v) is 1.46. The van der Waals surface area contributed by atoms with Gasteiger partial charge in [0.25, 0.3) is 0 Å². The third kappa shape index (κ3) is 2.95. The number of aromatic nitrogens is 3. The summed E-state index contributed by atoms with van der Waals surface area (Å²) in [4.78, 5) is 3.65. The molecule has 19 heavy (non-hydrogen) atoms. The van der Waals surface area contributed by atoms with Gasteiger partial charge in [0.1, 0.15) is 0 Å². The van der Waals surface area contributed by atoms with Crippen LogP contribution >= 0.6 is 0 Å². The number of halogens is 3. The first-order valence-corrected chi connectivity index (χ1v) is 5.22. The molecular weight excluding hydrogens is 263 g/mol. The summed E-state index contributed by atoms with van der Waals surface area (Å²) >= 11 is 0. The van der Waals surface area contributed by atoms with E-state index < -0.39 is 11.9 Å². The van der Waals surface area contributed by atoms with Crippen molar-refractivity contribution >= 4 is 0 Å². The van der Waals surface area contributed by atoms with E-state index in [-0.39, 0.29) is 17.6 Å². The summed E-state index contributed by atoms with van der Waals surface area (Å²) in [7, 11) is 1.32. The van der Waals surface area contributed by atoms with Gasteiger partial charge in [-0.2, -0.15) is 23.3 Å². The molecule has 0 atom stereocenters. The molecule has 0 radical (unpaired) electrons. The number of alkyl halides is 3. The van der Waals surface area contributed by atoms with E-state index in [9.17, 15) is 18.3 Å². The minimum Gasteiger partial charge on any atom is -0.493 e. The predicted molar refractivity (Wildman–Crippen MR) is 58.9 cm³/mol. The highest BCUT2D eigenvalue weighted by atomic mass is 19.4. The number of rotatable bonds is 2. The number of ether oxygens (including phenoxy) is 1.